The van der Waals surface area contributed by atoms with E-state index in [-0.39, 0.29) is 12.6 Å². The molecule has 0 radical (unpaired) electrons. The zero-order chi connectivity index (χ0) is 24.4. The molecule has 0 amide bonds. The molecule has 0 spiro atoms. The first-order chi connectivity index (χ1) is 17.1. The minimum atomic E-state index is 0.169. The highest BCUT2D eigenvalue weighted by Crippen LogP contribution is 2.28. The first-order valence-electron chi connectivity index (χ1n) is 12.4. The Balaban J connectivity index is 1.41. The monoisotopic (exact) mass is 475 g/mol. The predicted molar refractivity (Wildman–Crippen MR) is 136 cm³/mol. The second-order valence-electron chi connectivity index (χ2n) is 9.15. The van der Waals surface area contributed by atoms with E-state index in [0.29, 0.717) is 18.3 Å². The number of aliphatic hydroxyl groups excluding tert-OH is 1. The largest absolute Gasteiger partial charge is 0.396 e. The molecule has 0 saturated carbocycles. The molecule has 1 atom stereocenters. The molecule has 0 aliphatic carbocycles. The maximum atomic E-state index is 9.57. The average Bonchev–Trinajstić information content (AvgIpc) is 3.45. The number of hydrogen-bond donors (Lipinski definition) is 2. The Labute approximate surface area is 205 Å². The zero-order valence-corrected chi connectivity index (χ0v) is 20.6. The molecule has 10 nitrogen and oxygen atoms in total. The number of rotatable bonds is 8. The second-order valence-corrected chi connectivity index (χ2v) is 9.15. The molecule has 184 valence electrons. The maximum absolute atomic E-state index is 9.57. The Morgan fingerprint density at radius 3 is 2.74 bits per heavy atom. The van der Waals surface area contributed by atoms with E-state index in [2.05, 4.69) is 38.3 Å². The standard InChI is InChI=1S/C25H33N9O/c1-4-32-16-28-22-23(29-25(30-24(22)32)33-11-6-5-7-20(33)10-12-35)27-15-19-8-9-21(26-14-19)34-18(3)13-17(2)31-34/h8-9,13-14,16,20,35H,4-7,10-12,15H2,1-3H3,(H,27,29,30)/t20-/m0/s1. The number of nitrogens with zero attached hydrogens (tertiary/aromatic N) is 8. The summed E-state index contributed by atoms with van der Waals surface area (Å²) in [6.07, 6.45) is 7.73. The molecular formula is C25H33N9O. The van der Waals surface area contributed by atoms with E-state index in [4.69, 9.17) is 9.97 Å². The number of hydrogen-bond acceptors (Lipinski definition) is 8. The van der Waals surface area contributed by atoms with Crippen LogP contribution >= 0.6 is 0 Å². The summed E-state index contributed by atoms with van der Waals surface area (Å²) in [5.41, 5.74) is 4.65. The molecule has 0 aromatic carbocycles. The van der Waals surface area contributed by atoms with Gasteiger partial charge in [-0.15, -0.1) is 0 Å². The summed E-state index contributed by atoms with van der Waals surface area (Å²) >= 11 is 0. The van der Waals surface area contributed by atoms with Crippen LogP contribution in [0.25, 0.3) is 17.0 Å². The third-order valence-electron chi connectivity index (χ3n) is 6.63. The van der Waals surface area contributed by atoms with Gasteiger partial charge in [-0.25, -0.2) is 14.6 Å². The van der Waals surface area contributed by atoms with Crippen molar-refractivity contribution < 1.29 is 5.11 Å². The van der Waals surface area contributed by atoms with E-state index >= 15 is 0 Å². The number of pyridine rings is 1. The highest BCUT2D eigenvalue weighted by molar-refractivity contribution is 5.84. The summed E-state index contributed by atoms with van der Waals surface area (Å²) in [5.74, 6) is 2.22. The van der Waals surface area contributed by atoms with Gasteiger partial charge in [0, 0.05) is 44.2 Å². The van der Waals surface area contributed by atoms with Crippen molar-refractivity contribution in [2.24, 2.45) is 0 Å². The number of imidazole rings is 1. The van der Waals surface area contributed by atoms with Crippen LogP contribution in [0.1, 0.15) is 49.6 Å². The van der Waals surface area contributed by atoms with E-state index in [1.54, 1.807) is 0 Å². The molecule has 0 bridgehead atoms. The van der Waals surface area contributed by atoms with Gasteiger partial charge in [0.15, 0.2) is 22.8 Å². The third-order valence-corrected chi connectivity index (χ3v) is 6.63. The number of nitrogens with one attached hydrogen (secondary N) is 1. The van der Waals surface area contributed by atoms with Gasteiger partial charge in [-0.3, -0.25) is 0 Å². The molecule has 2 N–H and O–H groups in total. The lowest BCUT2D eigenvalue weighted by molar-refractivity contribution is 0.262. The lowest BCUT2D eigenvalue weighted by Crippen LogP contribution is -2.41. The summed E-state index contributed by atoms with van der Waals surface area (Å²) < 4.78 is 3.90. The van der Waals surface area contributed by atoms with E-state index in [0.717, 1.165) is 66.3 Å². The van der Waals surface area contributed by atoms with Crippen molar-refractivity contribution in [1.29, 1.82) is 0 Å². The SMILES string of the molecule is CCn1cnc2c(NCc3ccc(-n4nc(C)cc4C)nc3)nc(N3CCCC[C@H]3CCO)nc21. The molecule has 1 aliphatic heterocycles. The van der Waals surface area contributed by atoms with E-state index in [1.807, 2.05) is 47.8 Å². The van der Waals surface area contributed by atoms with Crippen molar-refractivity contribution in [3.05, 3.63) is 47.7 Å². The predicted octanol–water partition coefficient (Wildman–Crippen LogP) is 3.40. The highest BCUT2D eigenvalue weighted by atomic mass is 16.3. The molecule has 1 aliphatic rings. The van der Waals surface area contributed by atoms with E-state index in [9.17, 15) is 5.11 Å². The Morgan fingerprint density at radius 1 is 1.14 bits per heavy atom. The van der Waals surface area contributed by atoms with Crippen LogP contribution in [0.5, 0.6) is 0 Å². The molecule has 1 saturated heterocycles. The fraction of sp³-hybridized carbons (Fsp3) is 0.480. The normalized spacial score (nSPS) is 16.2. The number of aliphatic hydroxyl groups is 1. The molecule has 0 unspecified atom stereocenters. The summed E-state index contributed by atoms with van der Waals surface area (Å²) in [6, 6.07) is 6.33. The van der Waals surface area contributed by atoms with Crippen molar-refractivity contribution in [2.45, 2.75) is 65.6 Å². The molecular weight excluding hydrogens is 442 g/mol. The van der Waals surface area contributed by atoms with Crippen molar-refractivity contribution in [3.8, 4) is 5.82 Å². The summed E-state index contributed by atoms with van der Waals surface area (Å²) in [5, 5.41) is 17.6. The minimum Gasteiger partial charge on any atom is -0.396 e. The van der Waals surface area contributed by atoms with Crippen LogP contribution in [0, 0.1) is 13.8 Å². The van der Waals surface area contributed by atoms with Gasteiger partial charge in [0.1, 0.15) is 0 Å². The first-order valence-corrected chi connectivity index (χ1v) is 12.4. The van der Waals surface area contributed by atoms with Crippen LogP contribution in [-0.2, 0) is 13.1 Å². The smallest absolute Gasteiger partial charge is 0.229 e. The summed E-state index contributed by atoms with van der Waals surface area (Å²) in [7, 11) is 0. The Kier molecular flexibility index (Phi) is 6.63. The van der Waals surface area contributed by atoms with Crippen molar-refractivity contribution in [3.63, 3.8) is 0 Å². The van der Waals surface area contributed by atoms with Gasteiger partial charge >= 0.3 is 0 Å². The maximum Gasteiger partial charge on any atom is 0.229 e. The fourth-order valence-electron chi connectivity index (χ4n) is 4.82. The minimum absolute atomic E-state index is 0.169. The van der Waals surface area contributed by atoms with Crippen LogP contribution in [0.4, 0.5) is 11.8 Å². The first kappa shape index (κ1) is 23.2. The molecule has 1 fully saturated rings. The number of anilines is 2. The number of fused-ring (bicyclic) bond motifs is 1. The van der Waals surface area contributed by atoms with Gasteiger partial charge in [-0.1, -0.05) is 6.07 Å². The quantitative estimate of drug-likeness (QED) is 0.399. The number of aromatic nitrogens is 7. The summed E-state index contributed by atoms with van der Waals surface area (Å²) in [4.78, 5) is 21.3. The number of piperidine rings is 1. The molecule has 35 heavy (non-hydrogen) atoms. The van der Waals surface area contributed by atoms with Crippen molar-refractivity contribution >= 4 is 22.9 Å². The third kappa shape index (κ3) is 4.70. The highest BCUT2D eigenvalue weighted by Gasteiger charge is 2.26. The van der Waals surface area contributed by atoms with Gasteiger partial charge in [0.2, 0.25) is 5.95 Å². The summed E-state index contributed by atoms with van der Waals surface area (Å²) in [6.45, 7) is 8.50. The Bertz CT molecular complexity index is 1290. The molecule has 4 aromatic rings. The van der Waals surface area contributed by atoms with Crippen molar-refractivity contribution in [1.82, 2.24) is 34.3 Å². The fourth-order valence-corrected chi connectivity index (χ4v) is 4.82. The Morgan fingerprint density at radius 2 is 2.03 bits per heavy atom. The molecule has 4 aromatic heterocycles. The van der Waals surface area contributed by atoms with Crippen LogP contribution in [0.2, 0.25) is 0 Å². The number of aryl methyl sites for hydroxylation is 3. The van der Waals surface area contributed by atoms with Crippen LogP contribution in [0.3, 0.4) is 0 Å². The van der Waals surface area contributed by atoms with Crippen LogP contribution in [-0.4, -0.2) is 58.6 Å². The van der Waals surface area contributed by atoms with Crippen molar-refractivity contribution in [2.75, 3.05) is 23.4 Å². The lowest BCUT2D eigenvalue weighted by Gasteiger charge is -2.35. The molecule has 5 heterocycles. The Hall–Kier alpha value is -3.53. The van der Waals surface area contributed by atoms with Gasteiger partial charge in [0.05, 0.1) is 12.0 Å². The lowest BCUT2D eigenvalue weighted by atomic mass is 10.0. The topological polar surface area (TPSA) is 110 Å². The van der Waals surface area contributed by atoms with Gasteiger partial charge in [-0.2, -0.15) is 15.1 Å². The van der Waals surface area contributed by atoms with Crippen LogP contribution < -0.4 is 10.2 Å². The van der Waals surface area contributed by atoms with E-state index < -0.39 is 0 Å². The van der Waals surface area contributed by atoms with Gasteiger partial charge < -0.3 is 19.9 Å². The van der Waals surface area contributed by atoms with Crippen LogP contribution in [0.15, 0.2) is 30.7 Å². The second kappa shape index (κ2) is 9.99. The van der Waals surface area contributed by atoms with Gasteiger partial charge in [-0.05, 0) is 64.2 Å². The molecule has 5 rings (SSSR count). The van der Waals surface area contributed by atoms with E-state index in [1.165, 1.54) is 6.42 Å². The average molecular weight is 476 g/mol. The van der Waals surface area contributed by atoms with Gasteiger partial charge in [0.25, 0.3) is 0 Å². The molecule has 10 heteroatoms. The zero-order valence-electron chi connectivity index (χ0n) is 20.6.